The Bertz CT molecular complexity index is 999. The Morgan fingerprint density at radius 1 is 1.31 bits per heavy atom. The number of benzene rings is 1. The van der Waals surface area contributed by atoms with E-state index in [1.165, 1.54) is 0 Å². The van der Waals surface area contributed by atoms with Crippen molar-refractivity contribution in [1.82, 2.24) is 14.9 Å². The lowest BCUT2D eigenvalue weighted by atomic mass is 10.2. The highest BCUT2D eigenvalue weighted by Gasteiger charge is 2.31. The molecule has 9 nitrogen and oxygen atoms in total. The number of anilines is 1. The first kappa shape index (κ1) is 22.5. The number of alkyl halides is 3. The van der Waals surface area contributed by atoms with Crippen LogP contribution in [0.4, 0.5) is 18.9 Å². The molecule has 0 radical (unpaired) electrons. The third-order valence-electron chi connectivity index (χ3n) is 3.40. The van der Waals surface area contributed by atoms with E-state index in [1.54, 1.807) is 0 Å². The Labute approximate surface area is 170 Å². The molecule has 1 aromatic heterocycles. The first-order chi connectivity index (χ1) is 13.5. The lowest BCUT2D eigenvalue weighted by Crippen LogP contribution is -2.34. The minimum absolute atomic E-state index is 0.0883. The number of thioether (sulfide) groups is 1. The maximum Gasteiger partial charge on any atom is 0.416 e. The summed E-state index contributed by atoms with van der Waals surface area (Å²) in [5, 5.41) is 17.9. The number of aliphatic carboxylic acids is 1. The number of carbonyl (C=O) groups excluding carboxylic acids is 1. The SMILES string of the molecule is Nn1c(SCC(=O)Nc2cc(C(F)(F)F)ccc2Cl)nnc(CCC(=O)O)c1=O. The van der Waals surface area contributed by atoms with Gasteiger partial charge in [0.15, 0.2) is 0 Å². The van der Waals surface area contributed by atoms with Crippen LogP contribution in [0, 0.1) is 0 Å². The highest BCUT2D eigenvalue weighted by atomic mass is 35.5. The molecule has 29 heavy (non-hydrogen) atoms. The minimum atomic E-state index is -4.60. The quantitative estimate of drug-likeness (QED) is 0.427. The van der Waals surface area contributed by atoms with Crippen molar-refractivity contribution in [2.75, 3.05) is 16.9 Å². The summed E-state index contributed by atoms with van der Waals surface area (Å²) in [5.41, 5.74) is -2.14. The van der Waals surface area contributed by atoms with Crippen LogP contribution in [0.1, 0.15) is 17.7 Å². The molecule has 0 aliphatic heterocycles. The molecule has 0 spiro atoms. The van der Waals surface area contributed by atoms with Crippen LogP contribution < -0.4 is 16.7 Å². The molecule has 0 unspecified atom stereocenters. The van der Waals surface area contributed by atoms with Gasteiger partial charge in [0.25, 0.3) is 5.56 Å². The molecule has 0 fully saturated rings. The number of nitrogens with zero attached hydrogens (tertiary/aromatic N) is 3. The molecule has 156 valence electrons. The van der Waals surface area contributed by atoms with Gasteiger partial charge in [-0.05, 0) is 18.2 Å². The number of hydrogen-bond acceptors (Lipinski definition) is 7. The van der Waals surface area contributed by atoms with E-state index in [0.29, 0.717) is 22.5 Å². The Kier molecular flexibility index (Phi) is 7.08. The number of nitrogens with two attached hydrogens (primary N) is 1. The van der Waals surface area contributed by atoms with Crippen molar-refractivity contribution in [2.45, 2.75) is 24.2 Å². The fourth-order valence-corrected chi connectivity index (χ4v) is 2.83. The Morgan fingerprint density at radius 3 is 2.62 bits per heavy atom. The molecule has 0 aliphatic carbocycles. The van der Waals surface area contributed by atoms with E-state index in [0.717, 1.165) is 12.1 Å². The maximum absolute atomic E-state index is 12.8. The molecule has 4 N–H and O–H groups in total. The number of halogens is 4. The molecule has 0 atom stereocenters. The molecule has 0 saturated carbocycles. The minimum Gasteiger partial charge on any atom is -0.481 e. The summed E-state index contributed by atoms with van der Waals surface area (Å²) >= 11 is 6.51. The highest BCUT2D eigenvalue weighted by Crippen LogP contribution is 2.33. The zero-order valence-corrected chi connectivity index (χ0v) is 15.9. The molecule has 2 aromatic rings. The number of nitrogens with one attached hydrogen (secondary N) is 1. The molecular weight excluding hydrogens is 439 g/mol. The summed E-state index contributed by atoms with van der Waals surface area (Å²) < 4.78 is 38.9. The van der Waals surface area contributed by atoms with Gasteiger partial charge in [-0.25, -0.2) is 0 Å². The predicted molar refractivity (Wildman–Crippen MR) is 98.2 cm³/mol. The average Bonchev–Trinajstić information content (AvgIpc) is 2.62. The molecular formula is C15H13ClF3N5O4S. The van der Waals surface area contributed by atoms with E-state index in [4.69, 9.17) is 22.6 Å². The number of aryl methyl sites for hydroxylation is 1. The zero-order chi connectivity index (χ0) is 21.8. The van der Waals surface area contributed by atoms with Gasteiger partial charge in [-0.1, -0.05) is 23.4 Å². The molecule has 0 bridgehead atoms. The first-order valence-electron chi connectivity index (χ1n) is 7.74. The Hall–Kier alpha value is -2.80. The van der Waals surface area contributed by atoms with Crippen LogP contribution in [0.2, 0.25) is 5.02 Å². The zero-order valence-electron chi connectivity index (χ0n) is 14.4. The van der Waals surface area contributed by atoms with Crippen LogP contribution in [0.15, 0.2) is 28.2 Å². The number of amides is 1. The van der Waals surface area contributed by atoms with E-state index in [1.807, 2.05) is 0 Å². The van der Waals surface area contributed by atoms with Crippen molar-refractivity contribution >= 4 is 40.9 Å². The monoisotopic (exact) mass is 451 g/mol. The van der Waals surface area contributed by atoms with Crippen LogP contribution in [0.25, 0.3) is 0 Å². The van der Waals surface area contributed by atoms with Crippen molar-refractivity contribution in [2.24, 2.45) is 0 Å². The van der Waals surface area contributed by atoms with Crippen molar-refractivity contribution in [3.63, 3.8) is 0 Å². The second-order valence-corrected chi connectivity index (χ2v) is 6.88. The number of carboxylic acids is 1. The van der Waals surface area contributed by atoms with Gasteiger partial charge in [0, 0.05) is 6.42 Å². The van der Waals surface area contributed by atoms with E-state index < -0.39 is 29.2 Å². The van der Waals surface area contributed by atoms with Gasteiger partial charge in [-0.3, -0.25) is 14.4 Å². The van der Waals surface area contributed by atoms with Gasteiger partial charge in [0.1, 0.15) is 5.69 Å². The number of nitrogen functional groups attached to an aromatic ring is 1. The van der Waals surface area contributed by atoms with Crippen molar-refractivity contribution in [3.05, 3.63) is 44.8 Å². The van der Waals surface area contributed by atoms with Gasteiger partial charge in [0.2, 0.25) is 11.1 Å². The first-order valence-corrected chi connectivity index (χ1v) is 9.10. The highest BCUT2D eigenvalue weighted by molar-refractivity contribution is 7.99. The predicted octanol–water partition coefficient (Wildman–Crippen LogP) is 1.77. The summed E-state index contributed by atoms with van der Waals surface area (Å²) in [5.74, 6) is 3.37. The van der Waals surface area contributed by atoms with Crippen LogP contribution in [0.3, 0.4) is 0 Å². The van der Waals surface area contributed by atoms with Crippen molar-refractivity contribution in [1.29, 1.82) is 0 Å². The third kappa shape index (κ3) is 6.09. The van der Waals surface area contributed by atoms with Gasteiger partial charge < -0.3 is 16.3 Å². The van der Waals surface area contributed by atoms with Crippen molar-refractivity contribution in [3.8, 4) is 0 Å². The third-order valence-corrected chi connectivity index (χ3v) is 4.68. The summed E-state index contributed by atoms with van der Waals surface area (Å²) in [6, 6.07) is 2.48. The number of rotatable bonds is 7. The van der Waals surface area contributed by atoms with E-state index in [2.05, 4.69) is 15.5 Å². The van der Waals surface area contributed by atoms with Crippen LogP contribution >= 0.6 is 23.4 Å². The molecule has 0 aliphatic rings. The van der Waals surface area contributed by atoms with Crippen LogP contribution in [-0.2, 0) is 22.2 Å². The number of carboxylic acid groups (broad SMARTS) is 1. The fraction of sp³-hybridized carbons (Fsp3) is 0.267. The second-order valence-electron chi connectivity index (χ2n) is 5.53. The largest absolute Gasteiger partial charge is 0.481 e. The fourth-order valence-electron chi connectivity index (χ4n) is 2.01. The van der Waals surface area contributed by atoms with Crippen molar-refractivity contribution < 1.29 is 27.9 Å². The molecule has 1 heterocycles. The van der Waals surface area contributed by atoms with E-state index in [9.17, 15) is 27.6 Å². The summed E-state index contributed by atoms with van der Waals surface area (Å²) in [6.07, 6.45) is -5.11. The van der Waals surface area contributed by atoms with Gasteiger partial charge in [-0.15, -0.1) is 10.2 Å². The summed E-state index contributed by atoms with van der Waals surface area (Å²) in [4.78, 5) is 34.6. The second kappa shape index (κ2) is 9.13. The van der Waals surface area contributed by atoms with Gasteiger partial charge in [0.05, 0.1) is 28.4 Å². The lowest BCUT2D eigenvalue weighted by molar-refractivity contribution is -0.138. The molecule has 0 saturated heterocycles. The van der Waals surface area contributed by atoms with Crippen LogP contribution in [-0.4, -0.2) is 37.6 Å². The average molecular weight is 452 g/mol. The number of aromatic nitrogens is 3. The van der Waals surface area contributed by atoms with E-state index in [-0.39, 0.29) is 40.2 Å². The molecule has 1 aromatic carbocycles. The van der Waals surface area contributed by atoms with Crippen LogP contribution in [0.5, 0.6) is 0 Å². The summed E-state index contributed by atoms with van der Waals surface area (Å²) in [7, 11) is 0. The maximum atomic E-state index is 12.8. The number of hydrogen-bond donors (Lipinski definition) is 3. The Morgan fingerprint density at radius 2 is 2.00 bits per heavy atom. The van der Waals surface area contributed by atoms with Gasteiger partial charge >= 0.3 is 12.1 Å². The molecule has 14 heteroatoms. The number of carbonyl (C=O) groups is 2. The lowest BCUT2D eigenvalue weighted by Gasteiger charge is -2.12. The Balaban J connectivity index is 2.05. The van der Waals surface area contributed by atoms with E-state index >= 15 is 0 Å². The topological polar surface area (TPSA) is 140 Å². The molecule has 2 rings (SSSR count). The van der Waals surface area contributed by atoms with Gasteiger partial charge in [-0.2, -0.15) is 17.8 Å². The normalized spacial score (nSPS) is 11.3. The summed E-state index contributed by atoms with van der Waals surface area (Å²) in [6.45, 7) is 0. The molecule has 1 amide bonds. The smallest absolute Gasteiger partial charge is 0.416 e. The standard InChI is InChI=1S/C15H13ClF3N5O4S/c16-8-2-1-7(15(17,18)19)5-10(8)21-11(25)6-29-14-23-22-9(3-4-12(26)27)13(28)24(14)20/h1-2,5H,3-4,6,20H2,(H,21,25)(H,26,27).